The van der Waals surface area contributed by atoms with E-state index in [2.05, 4.69) is 0 Å². The molecule has 56 valence electrons. The van der Waals surface area contributed by atoms with E-state index in [0.717, 1.165) is 0 Å². The molecule has 0 aromatic heterocycles. The number of Topliss-reactive ketones (excluding diaryl/α,β-unsaturated/α-hetero) is 2. The second kappa shape index (κ2) is 2.16. The first kappa shape index (κ1) is 7.41. The van der Waals surface area contributed by atoms with Gasteiger partial charge >= 0.3 is 0 Å². The molecule has 2 N–H and O–H groups in total. The first-order valence-electron chi connectivity index (χ1n) is 3.36. The molecule has 0 aromatic carbocycles. The number of carbonyl (C=O) groups excluding carboxylic acids is 2. The second-order valence-corrected chi connectivity index (χ2v) is 3.06. The van der Waals surface area contributed by atoms with Gasteiger partial charge in [-0.05, 0) is 13.3 Å². The fourth-order valence-electron chi connectivity index (χ4n) is 1.01. The summed E-state index contributed by atoms with van der Waals surface area (Å²) in [6.07, 6.45) is 0.996. The summed E-state index contributed by atoms with van der Waals surface area (Å²) in [5.74, 6) is -0.100. The van der Waals surface area contributed by atoms with Crippen molar-refractivity contribution in [2.75, 3.05) is 0 Å². The molecule has 1 atom stereocenters. The van der Waals surface area contributed by atoms with Crippen LogP contribution in [0, 0.1) is 0 Å². The maximum absolute atomic E-state index is 11.0. The van der Waals surface area contributed by atoms with E-state index in [1.165, 1.54) is 0 Å². The molecule has 3 nitrogen and oxygen atoms in total. The molecule has 1 rings (SSSR count). The summed E-state index contributed by atoms with van der Waals surface area (Å²) in [6, 6.07) is 0. The Hall–Kier alpha value is -0.700. The maximum atomic E-state index is 11.0. The van der Waals surface area contributed by atoms with Crippen molar-refractivity contribution in [1.82, 2.24) is 0 Å². The standard InChI is InChI=1S/C7H11NO2/c1-7(8)3-2-5(9)4-6(7)10/h2-4,8H2,1H3. The summed E-state index contributed by atoms with van der Waals surface area (Å²) < 4.78 is 0. The largest absolute Gasteiger partial charge is 0.319 e. The number of hydrogen-bond acceptors (Lipinski definition) is 3. The lowest BCUT2D eigenvalue weighted by atomic mass is 9.82. The summed E-state index contributed by atoms with van der Waals surface area (Å²) in [5, 5.41) is 0. The zero-order valence-electron chi connectivity index (χ0n) is 6.02. The molecule has 0 spiro atoms. The number of nitrogens with two attached hydrogens (primary N) is 1. The molecule has 0 aromatic rings. The summed E-state index contributed by atoms with van der Waals surface area (Å²) in [4.78, 5) is 21.7. The average Bonchev–Trinajstić information content (AvgIpc) is 1.81. The van der Waals surface area contributed by atoms with Crippen molar-refractivity contribution in [3.63, 3.8) is 0 Å². The molecule has 1 unspecified atom stereocenters. The van der Waals surface area contributed by atoms with Gasteiger partial charge in [-0.2, -0.15) is 0 Å². The molecule has 0 amide bonds. The highest BCUT2D eigenvalue weighted by atomic mass is 16.2. The van der Waals surface area contributed by atoms with Crippen LogP contribution in [0.5, 0.6) is 0 Å². The van der Waals surface area contributed by atoms with Crippen molar-refractivity contribution in [2.45, 2.75) is 31.7 Å². The zero-order chi connectivity index (χ0) is 7.78. The lowest BCUT2D eigenvalue weighted by molar-refractivity contribution is -0.133. The van der Waals surface area contributed by atoms with Gasteiger partial charge in [-0.3, -0.25) is 9.59 Å². The Kier molecular flexibility index (Phi) is 1.60. The van der Waals surface area contributed by atoms with Crippen LogP contribution >= 0.6 is 0 Å². The third kappa shape index (κ3) is 1.24. The number of ketones is 2. The average molecular weight is 141 g/mol. The Morgan fingerprint density at radius 3 is 2.50 bits per heavy atom. The molecule has 1 aliphatic rings. The summed E-state index contributed by atoms with van der Waals surface area (Å²) >= 11 is 0. The van der Waals surface area contributed by atoms with E-state index in [1.807, 2.05) is 0 Å². The van der Waals surface area contributed by atoms with E-state index in [4.69, 9.17) is 5.73 Å². The van der Waals surface area contributed by atoms with Gasteiger partial charge in [0.25, 0.3) is 0 Å². The fraction of sp³-hybridized carbons (Fsp3) is 0.714. The van der Waals surface area contributed by atoms with Crippen molar-refractivity contribution in [2.24, 2.45) is 5.73 Å². The van der Waals surface area contributed by atoms with E-state index in [1.54, 1.807) is 6.92 Å². The minimum atomic E-state index is -0.742. The zero-order valence-corrected chi connectivity index (χ0v) is 6.02. The van der Waals surface area contributed by atoms with Crippen LogP contribution in [-0.2, 0) is 9.59 Å². The first-order chi connectivity index (χ1) is 4.52. The normalized spacial score (nSPS) is 34.6. The van der Waals surface area contributed by atoms with E-state index >= 15 is 0 Å². The van der Waals surface area contributed by atoms with Crippen molar-refractivity contribution >= 4 is 11.6 Å². The van der Waals surface area contributed by atoms with Crippen molar-refractivity contribution < 1.29 is 9.59 Å². The highest BCUT2D eigenvalue weighted by molar-refractivity contribution is 6.05. The van der Waals surface area contributed by atoms with Gasteiger partial charge in [0, 0.05) is 6.42 Å². The van der Waals surface area contributed by atoms with Gasteiger partial charge in [0.1, 0.15) is 5.78 Å². The highest BCUT2D eigenvalue weighted by Gasteiger charge is 2.34. The van der Waals surface area contributed by atoms with Crippen LogP contribution in [0.2, 0.25) is 0 Å². The molecule has 0 heterocycles. The van der Waals surface area contributed by atoms with Crippen LogP contribution < -0.4 is 5.73 Å². The Balaban J connectivity index is 2.70. The van der Waals surface area contributed by atoms with Crippen LogP contribution in [0.15, 0.2) is 0 Å². The molecule has 1 saturated carbocycles. The van der Waals surface area contributed by atoms with Crippen molar-refractivity contribution in [1.29, 1.82) is 0 Å². The predicted octanol–water partition coefficient (Wildman–Crippen LogP) is 0.0259. The molecule has 0 saturated heterocycles. The van der Waals surface area contributed by atoms with Gasteiger partial charge in [0.2, 0.25) is 0 Å². The molecule has 1 aliphatic carbocycles. The van der Waals surface area contributed by atoms with E-state index in [0.29, 0.717) is 12.8 Å². The van der Waals surface area contributed by atoms with Gasteiger partial charge in [-0.1, -0.05) is 0 Å². The topological polar surface area (TPSA) is 60.2 Å². The fourth-order valence-corrected chi connectivity index (χ4v) is 1.01. The van der Waals surface area contributed by atoms with Crippen LogP contribution in [0.4, 0.5) is 0 Å². The lowest BCUT2D eigenvalue weighted by Gasteiger charge is -2.26. The summed E-state index contributed by atoms with van der Waals surface area (Å²) in [5.41, 5.74) is 4.84. The Bertz CT molecular complexity index is 184. The monoisotopic (exact) mass is 141 g/mol. The third-order valence-corrected chi connectivity index (χ3v) is 1.92. The SMILES string of the molecule is CC1(N)CCC(=O)CC1=O. The predicted molar refractivity (Wildman–Crippen MR) is 36.5 cm³/mol. The quantitative estimate of drug-likeness (QED) is 0.484. The van der Waals surface area contributed by atoms with Gasteiger partial charge in [0.15, 0.2) is 5.78 Å². The Morgan fingerprint density at radius 2 is 2.10 bits per heavy atom. The lowest BCUT2D eigenvalue weighted by Crippen LogP contribution is -2.48. The van der Waals surface area contributed by atoms with Crippen LogP contribution in [-0.4, -0.2) is 17.1 Å². The van der Waals surface area contributed by atoms with Crippen LogP contribution in [0.1, 0.15) is 26.2 Å². The number of rotatable bonds is 0. The molecule has 0 radical (unpaired) electrons. The van der Waals surface area contributed by atoms with Crippen LogP contribution in [0.25, 0.3) is 0 Å². The van der Waals surface area contributed by atoms with E-state index < -0.39 is 5.54 Å². The first-order valence-corrected chi connectivity index (χ1v) is 3.36. The molecular formula is C7H11NO2. The molecule has 10 heavy (non-hydrogen) atoms. The molecule has 0 aliphatic heterocycles. The molecule has 3 heteroatoms. The summed E-state index contributed by atoms with van der Waals surface area (Å²) in [7, 11) is 0. The number of carbonyl (C=O) groups is 2. The van der Waals surface area contributed by atoms with E-state index in [-0.39, 0.29) is 18.0 Å². The minimum absolute atomic E-state index is 0.0212. The van der Waals surface area contributed by atoms with Crippen LogP contribution in [0.3, 0.4) is 0 Å². The molecule has 1 fully saturated rings. The smallest absolute Gasteiger partial charge is 0.159 e. The van der Waals surface area contributed by atoms with Gasteiger partial charge in [-0.25, -0.2) is 0 Å². The molecular weight excluding hydrogens is 130 g/mol. The van der Waals surface area contributed by atoms with Gasteiger partial charge in [0.05, 0.1) is 12.0 Å². The third-order valence-electron chi connectivity index (χ3n) is 1.92. The highest BCUT2D eigenvalue weighted by Crippen LogP contribution is 2.19. The summed E-state index contributed by atoms with van der Waals surface area (Å²) in [6.45, 7) is 1.68. The number of hydrogen-bond donors (Lipinski definition) is 1. The Labute approximate surface area is 59.6 Å². The molecule has 0 bridgehead atoms. The second-order valence-electron chi connectivity index (χ2n) is 3.06. The van der Waals surface area contributed by atoms with Crippen molar-refractivity contribution in [3.8, 4) is 0 Å². The van der Waals surface area contributed by atoms with Crippen molar-refractivity contribution in [3.05, 3.63) is 0 Å². The minimum Gasteiger partial charge on any atom is -0.319 e. The van der Waals surface area contributed by atoms with Gasteiger partial charge < -0.3 is 5.73 Å². The maximum Gasteiger partial charge on any atom is 0.159 e. The van der Waals surface area contributed by atoms with E-state index in [9.17, 15) is 9.59 Å². The van der Waals surface area contributed by atoms with Gasteiger partial charge in [-0.15, -0.1) is 0 Å². The Morgan fingerprint density at radius 1 is 1.50 bits per heavy atom.